The molecule has 0 radical (unpaired) electrons. The van der Waals surface area contributed by atoms with Crippen molar-refractivity contribution in [2.45, 2.75) is 46.2 Å². The van der Waals surface area contributed by atoms with Crippen molar-refractivity contribution in [3.05, 3.63) is 106 Å². The highest BCUT2D eigenvalue weighted by Gasteiger charge is 2.46. The van der Waals surface area contributed by atoms with Crippen LogP contribution in [0.5, 0.6) is 5.75 Å². The number of amides is 1. The van der Waals surface area contributed by atoms with Crippen molar-refractivity contribution >= 4 is 23.4 Å². The normalized spacial score (nSPS) is 16.4. The number of nitrogens with zero attached hydrogens (tertiary/aromatic N) is 1. The molecule has 1 aliphatic rings. The van der Waals surface area contributed by atoms with E-state index in [1.165, 1.54) is 4.90 Å². The standard InChI is InChI=1S/C32H33NO6/c1-4-17-38-26-15-13-23(14-16-26)29(34)27-28(25-8-6-7-21(3)19-25)33(31(36)30(27)35)20-22-9-11-24(12-10-22)32(37)39-18-5-2/h6-16,19,28,34H,4-5,17-18,20H2,1-3H3/b29-27+. The molecule has 3 aromatic carbocycles. The molecule has 202 valence electrons. The third-order valence-corrected chi connectivity index (χ3v) is 6.48. The Balaban J connectivity index is 1.70. The number of carbonyl (C=O) groups is 3. The fraction of sp³-hybridized carbons (Fsp3) is 0.281. The van der Waals surface area contributed by atoms with Gasteiger partial charge in [-0.3, -0.25) is 9.59 Å². The second kappa shape index (κ2) is 12.4. The van der Waals surface area contributed by atoms with Crippen molar-refractivity contribution in [1.29, 1.82) is 0 Å². The molecule has 1 saturated heterocycles. The van der Waals surface area contributed by atoms with Crippen LogP contribution in [0.1, 0.15) is 65.3 Å². The topological polar surface area (TPSA) is 93.1 Å². The van der Waals surface area contributed by atoms with Gasteiger partial charge in [-0.05, 0) is 67.3 Å². The largest absolute Gasteiger partial charge is 0.507 e. The van der Waals surface area contributed by atoms with Crippen LogP contribution in [-0.2, 0) is 20.9 Å². The van der Waals surface area contributed by atoms with E-state index in [4.69, 9.17) is 9.47 Å². The average Bonchev–Trinajstić information content (AvgIpc) is 3.20. The fourth-order valence-electron chi connectivity index (χ4n) is 4.54. The molecule has 1 fully saturated rings. The number of Topliss-reactive ketones (excluding diaryl/α,β-unsaturated/α-hetero) is 1. The summed E-state index contributed by atoms with van der Waals surface area (Å²) in [7, 11) is 0. The molecular weight excluding hydrogens is 494 g/mol. The van der Waals surface area contributed by atoms with E-state index in [9.17, 15) is 19.5 Å². The minimum Gasteiger partial charge on any atom is -0.507 e. The number of aryl methyl sites for hydroxylation is 1. The van der Waals surface area contributed by atoms with Crippen molar-refractivity contribution in [2.24, 2.45) is 0 Å². The number of benzene rings is 3. The predicted molar refractivity (Wildman–Crippen MR) is 148 cm³/mol. The highest BCUT2D eigenvalue weighted by Crippen LogP contribution is 2.40. The molecule has 7 nitrogen and oxygen atoms in total. The minimum absolute atomic E-state index is 0.0348. The van der Waals surface area contributed by atoms with Crippen molar-refractivity contribution < 1.29 is 29.0 Å². The Kier molecular flexibility index (Phi) is 8.81. The Morgan fingerprint density at radius 2 is 1.56 bits per heavy atom. The number of hydrogen-bond donors (Lipinski definition) is 1. The molecule has 0 bridgehead atoms. The summed E-state index contributed by atoms with van der Waals surface area (Å²) in [4.78, 5) is 40.3. The van der Waals surface area contributed by atoms with Gasteiger partial charge in [-0.1, -0.05) is 55.8 Å². The first-order valence-electron chi connectivity index (χ1n) is 13.2. The Morgan fingerprint density at radius 3 is 2.21 bits per heavy atom. The summed E-state index contributed by atoms with van der Waals surface area (Å²) in [6, 6.07) is 20.4. The first-order chi connectivity index (χ1) is 18.8. The third-order valence-electron chi connectivity index (χ3n) is 6.48. The van der Waals surface area contributed by atoms with Gasteiger partial charge in [0.1, 0.15) is 11.5 Å². The van der Waals surface area contributed by atoms with Gasteiger partial charge >= 0.3 is 5.97 Å². The van der Waals surface area contributed by atoms with Crippen LogP contribution in [0.25, 0.3) is 5.76 Å². The van der Waals surface area contributed by atoms with Gasteiger partial charge in [-0.25, -0.2) is 4.79 Å². The summed E-state index contributed by atoms with van der Waals surface area (Å²) in [5.41, 5.74) is 3.29. The highest BCUT2D eigenvalue weighted by molar-refractivity contribution is 6.46. The van der Waals surface area contributed by atoms with Crippen LogP contribution in [0.15, 0.2) is 78.4 Å². The molecule has 3 aromatic rings. The number of ketones is 1. The number of hydrogen-bond acceptors (Lipinski definition) is 6. The molecule has 7 heteroatoms. The molecule has 1 amide bonds. The number of aliphatic hydroxyl groups excluding tert-OH is 1. The summed E-state index contributed by atoms with van der Waals surface area (Å²) >= 11 is 0. The Morgan fingerprint density at radius 1 is 0.897 bits per heavy atom. The number of carbonyl (C=O) groups excluding carboxylic acids is 3. The molecule has 1 atom stereocenters. The lowest BCUT2D eigenvalue weighted by Crippen LogP contribution is -2.29. The maximum absolute atomic E-state index is 13.3. The van der Waals surface area contributed by atoms with E-state index in [-0.39, 0.29) is 17.9 Å². The Labute approximate surface area is 228 Å². The van der Waals surface area contributed by atoms with Crippen LogP contribution in [0.4, 0.5) is 0 Å². The number of ether oxygens (including phenoxy) is 2. The molecule has 1 heterocycles. The molecule has 4 rings (SSSR count). The van der Waals surface area contributed by atoms with Crippen LogP contribution in [0.2, 0.25) is 0 Å². The lowest BCUT2D eigenvalue weighted by atomic mass is 9.94. The maximum Gasteiger partial charge on any atom is 0.338 e. The van der Waals surface area contributed by atoms with Gasteiger partial charge in [0.2, 0.25) is 0 Å². The third kappa shape index (κ3) is 6.20. The molecule has 1 aliphatic heterocycles. The average molecular weight is 528 g/mol. The van der Waals surface area contributed by atoms with Gasteiger partial charge in [-0.2, -0.15) is 0 Å². The highest BCUT2D eigenvalue weighted by atomic mass is 16.5. The van der Waals surface area contributed by atoms with E-state index in [0.717, 1.165) is 29.5 Å². The first-order valence-corrected chi connectivity index (χ1v) is 13.2. The molecule has 39 heavy (non-hydrogen) atoms. The van der Waals surface area contributed by atoms with Crippen LogP contribution in [-0.4, -0.2) is 40.9 Å². The summed E-state index contributed by atoms with van der Waals surface area (Å²) < 4.78 is 10.8. The zero-order valence-electron chi connectivity index (χ0n) is 22.5. The molecule has 0 aromatic heterocycles. The van der Waals surface area contributed by atoms with Crippen LogP contribution >= 0.6 is 0 Å². The number of aliphatic hydroxyl groups is 1. The first kappa shape index (κ1) is 27.6. The Bertz CT molecular complexity index is 1370. The van der Waals surface area contributed by atoms with E-state index < -0.39 is 23.7 Å². The van der Waals surface area contributed by atoms with Gasteiger partial charge in [0, 0.05) is 12.1 Å². The molecule has 1 N–H and O–H groups in total. The number of likely N-dealkylation sites (tertiary alicyclic amines) is 1. The monoisotopic (exact) mass is 527 g/mol. The maximum atomic E-state index is 13.3. The smallest absolute Gasteiger partial charge is 0.338 e. The Hall–Kier alpha value is -4.39. The fourth-order valence-corrected chi connectivity index (χ4v) is 4.54. The minimum atomic E-state index is -0.782. The van der Waals surface area contributed by atoms with E-state index >= 15 is 0 Å². The lowest BCUT2D eigenvalue weighted by molar-refractivity contribution is -0.140. The second-order valence-corrected chi connectivity index (χ2v) is 9.55. The van der Waals surface area contributed by atoms with Crippen LogP contribution < -0.4 is 4.74 Å². The van der Waals surface area contributed by atoms with E-state index in [2.05, 4.69) is 0 Å². The van der Waals surface area contributed by atoms with Gasteiger partial charge in [0.15, 0.2) is 0 Å². The molecule has 0 saturated carbocycles. The van der Waals surface area contributed by atoms with Gasteiger partial charge < -0.3 is 19.5 Å². The molecule has 0 aliphatic carbocycles. The van der Waals surface area contributed by atoms with Gasteiger partial charge in [-0.15, -0.1) is 0 Å². The summed E-state index contributed by atoms with van der Waals surface area (Å²) in [5, 5.41) is 11.3. The van der Waals surface area contributed by atoms with E-state index in [1.54, 1.807) is 48.5 Å². The molecular formula is C32H33NO6. The van der Waals surface area contributed by atoms with Crippen LogP contribution in [0.3, 0.4) is 0 Å². The van der Waals surface area contributed by atoms with Gasteiger partial charge in [0.05, 0.1) is 30.4 Å². The number of rotatable bonds is 10. The quantitative estimate of drug-likeness (QED) is 0.151. The second-order valence-electron chi connectivity index (χ2n) is 9.55. The van der Waals surface area contributed by atoms with Crippen molar-refractivity contribution in [3.63, 3.8) is 0 Å². The SMILES string of the molecule is CCCOC(=O)c1ccc(CN2C(=O)C(=O)/C(=C(/O)c3ccc(OCCC)cc3)C2c2cccc(C)c2)cc1. The summed E-state index contributed by atoms with van der Waals surface area (Å²) in [6.45, 7) is 6.91. The molecule has 1 unspecified atom stereocenters. The summed E-state index contributed by atoms with van der Waals surface area (Å²) in [6.07, 6.45) is 1.60. The van der Waals surface area contributed by atoms with E-state index in [1.807, 2.05) is 45.0 Å². The van der Waals surface area contributed by atoms with Crippen LogP contribution in [0, 0.1) is 6.92 Å². The number of esters is 1. The predicted octanol–water partition coefficient (Wildman–Crippen LogP) is 5.97. The molecule has 0 spiro atoms. The van der Waals surface area contributed by atoms with E-state index in [0.29, 0.717) is 30.1 Å². The zero-order valence-corrected chi connectivity index (χ0v) is 22.5. The lowest BCUT2D eigenvalue weighted by Gasteiger charge is -2.26. The van der Waals surface area contributed by atoms with Crippen molar-refractivity contribution in [1.82, 2.24) is 4.90 Å². The van der Waals surface area contributed by atoms with Crippen molar-refractivity contribution in [3.8, 4) is 5.75 Å². The summed E-state index contributed by atoms with van der Waals surface area (Å²) in [5.74, 6) is -1.43. The van der Waals surface area contributed by atoms with Gasteiger partial charge in [0.25, 0.3) is 11.7 Å². The van der Waals surface area contributed by atoms with Crippen molar-refractivity contribution in [2.75, 3.05) is 13.2 Å². The zero-order chi connectivity index (χ0) is 27.9.